The average molecular weight is 733 g/mol. The third kappa shape index (κ3) is 8.30. The number of hydrogen-bond donors (Lipinski definition) is 3. The number of hydrogen-bond acceptors (Lipinski definition) is 10. The third-order valence-electron chi connectivity index (χ3n) is 11.6. The predicted octanol–water partition coefficient (Wildman–Crippen LogP) is 4.22. The smallest absolute Gasteiger partial charge is 0.283 e. The van der Waals surface area contributed by atoms with E-state index in [1.165, 1.54) is 11.1 Å². The van der Waals surface area contributed by atoms with Crippen LogP contribution in [0.2, 0.25) is 5.02 Å². The summed E-state index contributed by atoms with van der Waals surface area (Å²) in [6, 6.07) is 9.31. The van der Waals surface area contributed by atoms with E-state index in [2.05, 4.69) is 21.8 Å². The SMILES string of the molecule is CN(C)C(CO)CO.C[C@@H]1[C@@H](C)CCCC(C=O)[C@@H]2CC[C@H]2CN2C[C@@]3(CCCc4cc(Cl)ccc43)COc3ccc(nc32)C(=O)NS1(=O)=O. The summed E-state index contributed by atoms with van der Waals surface area (Å²) in [5, 5.41) is 17.0. The van der Waals surface area contributed by atoms with Gasteiger partial charge in [-0.2, -0.15) is 0 Å². The van der Waals surface area contributed by atoms with Gasteiger partial charge in [-0.25, -0.2) is 18.1 Å². The second kappa shape index (κ2) is 16.3. The molecule has 1 saturated carbocycles. The number of pyridine rings is 1. The molecule has 0 radical (unpaired) electrons. The number of nitrogens with zero attached hydrogens (tertiary/aromatic N) is 3. The number of carbonyl (C=O) groups excluding carboxylic acids is 2. The van der Waals surface area contributed by atoms with E-state index < -0.39 is 21.2 Å². The van der Waals surface area contributed by atoms with Crippen molar-refractivity contribution in [3.8, 4) is 5.75 Å². The van der Waals surface area contributed by atoms with Crippen LogP contribution in [-0.2, 0) is 26.7 Å². The number of fused-ring (bicyclic) bond motifs is 4. The lowest BCUT2D eigenvalue weighted by Crippen LogP contribution is -2.49. The lowest BCUT2D eigenvalue weighted by atomic mass is 9.65. The molecule has 11 nitrogen and oxygen atoms in total. The van der Waals surface area contributed by atoms with Crippen molar-refractivity contribution in [1.82, 2.24) is 14.6 Å². The molecule has 276 valence electrons. The normalized spacial score (nSPS) is 29.3. The lowest BCUT2D eigenvalue weighted by Gasteiger charge is -2.45. The van der Waals surface area contributed by atoms with Gasteiger partial charge in [-0.15, -0.1) is 0 Å². The number of benzene rings is 1. The van der Waals surface area contributed by atoms with Gasteiger partial charge in [0.2, 0.25) is 10.0 Å². The van der Waals surface area contributed by atoms with Crippen molar-refractivity contribution >= 4 is 39.6 Å². The summed E-state index contributed by atoms with van der Waals surface area (Å²) >= 11 is 6.38. The maximum absolute atomic E-state index is 13.3. The van der Waals surface area contributed by atoms with E-state index in [1.54, 1.807) is 24.0 Å². The number of carbonyl (C=O) groups is 2. The molecule has 6 atom stereocenters. The number of aliphatic hydroxyl groups excluding tert-OH is 2. The Labute approximate surface area is 301 Å². The number of sulfonamides is 1. The Morgan fingerprint density at radius 1 is 1.12 bits per heavy atom. The number of nitrogens with one attached hydrogen (secondary N) is 1. The number of amides is 1. The molecule has 3 heterocycles. The topological polar surface area (TPSA) is 149 Å². The van der Waals surface area contributed by atoms with Crippen molar-refractivity contribution in [2.75, 3.05) is 51.9 Å². The van der Waals surface area contributed by atoms with E-state index >= 15 is 0 Å². The Bertz CT molecular complexity index is 1620. The maximum Gasteiger partial charge on any atom is 0.283 e. The Kier molecular flexibility index (Phi) is 12.5. The molecular formula is C37H53ClN4O7S. The molecule has 2 aliphatic carbocycles. The first kappa shape index (κ1) is 38.5. The van der Waals surface area contributed by atoms with Gasteiger partial charge in [0.05, 0.1) is 31.1 Å². The summed E-state index contributed by atoms with van der Waals surface area (Å²) in [4.78, 5) is 34.4. The van der Waals surface area contributed by atoms with E-state index in [1.807, 2.05) is 27.1 Å². The molecule has 1 amide bonds. The van der Waals surface area contributed by atoms with Crippen LogP contribution in [0.3, 0.4) is 0 Å². The molecule has 1 aromatic carbocycles. The molecule has 1 aromatic heterocycles. The number of likely N-dealkylation sites (N-methyl/N-ethyl adjacent to an activating group) is 1. The molecular weight excluding hydrogens is 680 g/mol. The lowest BCUT2D eigenvalue weighted by molar-refractivity contribution is -0.115. The fourth-order valence-corrected chi connectivity index (χ4v) is 9.52. The van der Waals surface area contributed by atoms with E-state index in [9.17, 15) is 18.0 Å². The van der Waals surface area contributed by atoms with Crippen LogP contribution in [0.5, 0.6) is 5.75 Å². The largest absolute Gasteiger partial charge is 0.489 e. The van der Waals surface area contributed by atoms with Gasteiger partial charge in [-0.1, -0.05) is 31.0 Å². The highest BCUT2D eigenvalue weighted by Gasteiger charge is 2.45. The Morgan fingerprint density at radius 2 is 1.88 bits per heavy atom. The quantitative estimate of drug-likeness (QED) is 0.390. The van der Waals surface area contributed by atoms with Crippen LogP contribution in [0.25, 0.3) is 0 Å². The van der Waals surface area contributed by atoms with Crippen molar-refractivity contribution in [3.05, 3.63) is 52.2 Å². The van der Waals surface area contributed by atoms with E-state index in [4.69, 9.17) is 31.5 Å². The molecule has 2 aromatic rings. The van der Waals surface area contributed by atoms with Crippen molar-refractivity contribution in [2.45, 2.75) is 81.9 Å². The molecule has 50 heavy (non-hydrogen) atoms. The summed E-state index contributed by atoms with van der Waals surface area (Å²) in [5.41, 5.74) is 2.23. The van der Waals surface area contributed by atoms with Crippen LogP contribution in [0, 0.1) is 23.7 Å². The summed E-state index contributed by atoms with van der Waals surface area (Å²) in [6.07, 6.45) is 8.26. The first-order valence-corrected chi connectivity index (χ1v) is 19.8. The molecule has 6 rings (SSSR count). The zero-order valence-electron chi connectivity index (χ0n) is 29.7. The number of anilines is 1. The van der Waals surface area contributed by atoms with E-state index in [0.717, 1.165) is 56.3 Å². The number of aldehydes is 1. The monoisotopic (exact) mass is 732 g/mol. The van der Waals surface area contributed by atoms with Crippen LogP contribution < -0.4 is 14.4 Å². The molecule has 1 fully saturated rings. The van der Waals surface area contributed by atoms with Gasteiger partial charge in [0, 0.05) is 29.4 Å². The van der Waals surface area contributed by atoms with Gasteiger partial charge in [-0.3, -0.25) is 4.79 Å². The maximum atomic E-state index is 13.3. The van der Waals surface area contributed by atoms with E-state index in [0.29, 0.717) is 43.6 Å². The zero-order valence-corrected chi connectivity index (χ0v) is 31.3. The summed E-state index contributed by atoms with van der Waals surface area (Å²) in [7, 11) is -0.296. The standard InChI is InChI=1S/C32H40ClN3O5S.C5H13NO2/c1-20-5-3-6-24(17-37)26-10-8-23(26)16-36-18-32(14-4-7-22-15-25(33)9-11-27(22)32)19-41-29-13-12-28(34-30(29)36)31(38)35-42(39,40)21(20)2;1-6(2)5(3-7)4-8/h9,11-13,15,17,20-21,23-24,26H,3-8,10,14,16,18-19H2,1-2H3,(H,35,38);5,7-8H,3-4H2,1-2H3/t20-,21+,23-,24?,26+,32-;/m0./s1. The number of aliphatic hydroxyl groups is 2. The predicted molar refractivity (Wildman–Crippen MR) is 194 cm³/mol. The van der Waals surface area contributed by atoms with Gasteiger partial charge >= 0.3 is 0 Å². The van der Waals surface area contributed by atoms with Crippen LogP contribution in [0.4, 0.5) is 5.82 Å². The zero-order chi connectivity index (χ0) is 36.2. The van der Waals surface area contributed by atoms with Crippen molar-refractivity contribution in [2.24, 2.45) is 23.7 Å². The number of halogens is 1. The highest BCUT2D eigenvalue weighted by Crippen LogP contribution is 2.47. The highest BCUT2D eigenvalue weighted by molar-refractivity contribution is 7.90. The number of aromatic nitrogens is 1. The first-order chi connectivity index (χ1) is 23.8. The molecule has 4 aliphatic rings. The van der Waals surface area contributed by atoms with Crippen LogP contribution in [0.15, 0.2) is 30.3 Å². The minimum atomic E-state index is -3.93. The molecule has 1 spiro atoms. The Morgan fingerprint density at radius 3 is 2.52 bits per heavy atom. The molecule has 0 saturated heterocycles. The summed E-state index contributed by atoms with van der Waals surface area (Å²) in [5.74, 6) is 0.783. The minimum Gasteiger partial charge on any atom is -0.489 e. The van der Waals surface area contributed by atoms with Gasteiger partial charge in [0.15, 0.2) is 11.6 Å². The van der Waals surface area contributed by atoms with Crippen molar-refractivity contribution in [1.29, 1.82) is 0 Å². The van der Waals surface area contributed by atoms with Gasteiger partial charge < -0.3 is 29.5 Å². The number of aryl methyl sites for hydroxylation is 1. The molecule has 3 N–H and O–H groups in total. The average Bonchev–Trinajstić information content (AvgIpc) is 3.22. The van der Waals surface area contributed by atoms with Gasteiger partial charge in [0.1, 0.15) is 12.0 Å². The van der Waals surface area contributed by atoms with Gasteiger partial charge in [-0.05, 0) is 119 Å². The van der Waals surface area contributed by atoms with Crippen molar-refractivity contribution in [3.63, 3.8) is 0 Å². The minimum absolute atomic E-state index is 0.0174. The molecule has 1 unspecified atom stereocenters. The van der Waals surface area contributed by atoms with Crippen LogP contribution in [-0.4, -0.2) is 99.0 Å². The van der Waals surface area contributed by atoms with E-state index in [-0.39, 0.29) is 48.1 Å². The third-order valence-corrected chi connectivity index (χ3v) is 13.8. The summed E-state index contributed by atoms with van der Waals surface area (Å²) < 4.78 is 35.1. The fourth-order valence-electron chi connectivity index (χ4n) is 8.03. The summed E-state index contributed by atoms with van der Waals surface area (Å²) in [6.45, 7) is 5.37. The highest BCUT2D eigenvalue weighted by atomic mass is 35.5. The number of rotatable bonds is 4. The second-order valence-electron chi connectivity index (χ2n) is 15.0. The first-order valence-electron chi connectivity index (χ1n) is 17.9. The Hall–Kier alpha value is -2.77. The van der Waals surface area contributed by atoms with Crippen LogP contribution in [0.1, 0.15) is 80.4 Å². The fraction of sp³-hybridized carbons (Fsp3) is 0.649. The molecule has 2 aliphatic heterocycles. The second-order valence-corrected chi connectivity index (χ2v) is 17.5. The van der Waals surface area contributed by atoms with Crippen molar-refractivity contribution < 1.29 is 33.0 Å². The van der Waals surface area contributed by atoms with Gasteiger partial charge in [0.25, 0.3) is 5.91 Å². The van der Waals surface area contributed by atoms with Crippen LogP contribution >= 0.6 is 11.6 Å². The number of ether oxygens (including phenoxy) is 1. The molecule has 2 bridgehead atoms. The molecule has 13 heteroatoms. The Balaban J connectivity index is 0.000000544.